The maximum atomic E-state index is 6.73. The van der Waals surface area contributed by atoms with Crippen molar-refractivity contribution in [1.29, 1.82) is 0 Å². The van der Waals surface area contributed by atoms with Gasteiger partial charge >= 0.3 is 0 Å². The van der Waals surface area contributed by atoms with E-state index < -0.39 is 0 Å². The third-order valence-electron chi connectivity index (χ3n) is 4.57. The van der Waals surface area contributed by atoms with Crippen LogP contribution in [0, 0.1) is 5.92 Å². The van der Waals surface area contributed by atoms with Crippen molar-refractivity contribution in [2.75, 3.05) is 0 Å². The van der Waals surface area contributed by atoms with E-state index in [9.17, 15) is 0 Å². The Morgan fingerprint density at radius 2 is 2.21 bits per heavy atom. The molecule has 3 rings (SSSR count). The highest BCUT2D eigenvalue weighted by atomic mass is 32.1. The number of nitrogens with zero attached hydrogens (tertiary/aromatic N) is 1. The summed E-state index contributed by atoms with van der Waals surface area (Å²) in [6.07, 6.45) is 7.21. The summed E-state index contributed by atoms with van der Waals surface area (Å²) in [6.45, 7) is 2.27. The summed E-state index contributed by atoms with van der Waals surface area (Å²) in [6, 6.07) is 8.38. The second kappa shape index (κ2) is 5.22. The van der Waals surface area contributed by atoms with Gasteiger partial charge in [-0.2, -0.15) is 0 Å². The fourth-order valence-corrected chi connectivity index (χ4v) is 4.56. The highest BCUT2D eigenvalue weighted by Crippen LogP contribution is 2.37. The molecule has 2 N–H and O–H groups in total. The number of nitrogens with two attached hydrogens (primary N) is 1. The second-order valence-corrected chi connectivity index (χ2v) is 6.95. The molecule has 0 spiro atoms. The molecular weight excluding hydrogens is 252 g/mol. The van der Waals surface area contributed by atoms with Gasteiger partial charge in [0.2, 0.25) is 0 Å². The molecule has 0 bridgehead atoms. The number of thiazole rings is 1. The zero-order valence-corrected chi connectivity index (χ0v) is 12.4. The predicted molar refractivity (Wildman–Crippen MR) is 82.5 cm³/mol. The van der Waals surface area contributed by atoms with Gasteiger partial charge in [0.1, 0.15) is 0 Å². The Bertz CT molecular complexity index is 530. The fraction of sp³-hybridized carbons (Fsp3) is 0.562. The highest BCUT2D eigenvalue weighted by molar-refractivity contribution is 7.18. The van der Waals surface area contributed by atoms with Crippen LogP contribution in [0.25, 0.3) is 10.2 Å². The van der Waals surface area contributed by atoms with Gasteiger partial charge in [0.15, 0.2) is 0 Å². The minimum absolute atomic E-state index is 0.0269. The molecule has 2 unspecified atom stereocenters. The summed E-state index contributed by atoms with van der Waals surface area (Å²) in [7, 11) is 0. The van der Waals surface area contributed by atoms with E-state index in [1.165, 1.54) is 35.4 Å². The van der Waals surface area contributed by atoms with Crippen LogP contribution in [0.5, 0.6) is 0 Å². The first-order valence-electron chi connectivity index (χ1n) is 7.34. The molecule has 1 fully saturated rings. The van der Waals surface area contributed by atoms with Crippen molar-refractivity contribution in [1.82, 2.24) is 4.98 Å². The normalized spacial score (nSPS) is 27.8. The van der Waals surface area contributed by atoms with E-state index in [0.29, 0.717) is 5.92 Å². The zero-order valence-electron chi connectivity index (χ0n) is 11.6. The molecule has 2 aromatic rings. The van der Waals surface area contributed by atoms with E-state index >= 15 is 0 Å². The molecule has 1 saturated carbocycles. The van der Waals surface area contributed by atoms with E-state index in [4.69, 9.17) is 10.7 Å². The maximum absolute atomic E-state index is 6.73. The number of benzene rings is 1. The number of hydrogen-bond donors (Lipinski definition) is 1. The standard InChI is InChI=1S/C16H22N2S/c1-2-12-7-5-6-10-16(12,17)11-15-18-13-8-3-4-9-14(13)19-15/h3-4,8-9,12H,2,5-7,10-11,17H2,1H3. The van der Waals surface area contributed by atoms with Crippen LogP contribution in [0.3, 0.4) is 0 Å². The average Bonchev–Trinajstić information content (AvgIpc) is 2.80. The van der Waals surface area contributed by atoms with Gasteiger partial charge in [0, 0.05) is 12.0 Å². The molecule has 3 heteroatoms. The molecule has 2 nitrogen and oxygen atoms in total. The van der Waals surface area contributed by atoms with Crippen LogP contribution in [-0.2, 0) is 6.42 Å². The van der Waals surface area contributed by atoms with Crippen molar-refractivity contribution in [2.45, 2.75) is 51.0 Å². The molecule has 0 saturated heterocycles. The van der Waals surface area contributed by atoms with Crippen LogP contribution in [-0.4, -0.2) is 10.5 Å². The molecule has 102 valence electrons. The van der Waals surface area contributed by atoms with Gasteiger partial charge < -0.3 is 5.73 Å². The van der Waals surface area contributed by atoms with Crippen LogP contribution in [0.2, 0.25) is 0 Å². The minimum atomic E-state index is -0.0269. The smallest absolute Gasteiger partial charge is 0.0957 e. The molecule has 0 amide bonds. The topological polar surface area (TPSA) is 38.9 Å². The van der Waals surface area contributed by atoms with Crippen LogP contribution in [0.4, 0.5) is 0 Å². The number of rotatable bonds is 3. The van der Waals surface area contributed by atoms with E-state index in [1.54, 1.807) is 0 Å². The average molecular weight is 274 g/mol. The lowest BCUT2D eigenvalue weighted by Crippen LogP contribution is -2.50. The second-order valence-electron chi connectivity index (χ2n) is 5.84. The van der Waals surface area contributed by atoms with Crippen LogP contribution in [0.15, 0.2) is 24.3 Å². The molecular formula is C16H22N2S. The zero-order chi connectivity index (χ0) is 13.3. The Hall–Kier alpha value is -0.930. The van der Waals surface area contributed by atoms with Gasteiger partial charge in [-0.05, 0) is 30.9 Å². The van der Waals surface area contributed by atoms with Crippen molar-refractivity contribution < 1.29 is 0 Å². The summed E-state index contributed by atoms with van der Waals surface area (Å²) in [5, 5.41) is 1.21. The van der Waals surface area contributed by atoms with Gasteiger partial charge in [0.05, 0.1) is 15.2 Å². The molecule has 0 radical (unpaired) electrons. The fourth-order valence-electron chi connectivity index (χ4n) is 3.46. The lowest BCUT2D eigenvalue weighted by molar-refractivity contribution is 0.182. The monoisotopic (exact) mass is 274 g/mol. The van der Waals surface area contributed by atoms with Gasteiger partial charge in [-0.3, -0.25) is 0 Å². The van der Waals surface area contributed by atoms with E-state index in [-0.39, 0.29) is 5.54 Å². The molecule has 0 aliphatic heterocycles. The summed E-state index contributed by atoms with van der Waals surface area (Å²) >= 11 is 1.81. The minimum Gasteiger partial charge on any atom is -0.324 e. The molecule has 2 atom stereocenters. The van der Waals surface area contributed by atoms with Crippen molar-refractivity contribution in [2.24, 2.45) is 11.7 Å². The van der Waals surface area contributed by atoms with E-state index in [1.807, 2.05) is 11.3 Å². The Morgan fingerprint density at radius 1 is 1.37 bits per heavy atom. The number of hydrogen-bond acceptors (Lipinski definition) is 3. The Balaban J connectivity index is 1.86. The van der Waals surface area contributed by atoms with Crippen molar-refractivity contribution >= 4 is 21.6 Å². The lowest BCUT2D eigenvalue weighted by Gasteiger charge is -2.40. The van der Waals surface area contributed by atoms with Crippen molar-refractivity contribution in [3.8, 4) is 0 Å². The van der Waals surface area contributed by atoms with E-state index in [2.05, 4.69) is 31.2 Å². The summed E-state index contributed by atoms with van der Waals surface area (Å²) in [5.74, 6) is 0.660. The van der Waals surface area contributed by atoms with Gasteiger partial charge in [0.25, 0.3) is 0 Å². The molecule has 1 aliphatic carbocycles. The third kappa shape index (κ3) is 2.54. The first kappa shape index (κ1) is 13.1. The maximum Gasteiger partial charge on any atom is 0.0957 e. The summed E-state index contributed by atoms with van der Waals surface area (Å²) < 4.78 is 1.28. The van der Waals surface area contributed by atoms with Crippen LogP contribution < -0.4 is 5.73 Å². The summed E-state index contributed by atoms with van der Waals surface area (Å²) in [4.78, 5) is 4.76. The third-order valence-corrected chi connectivity index (χ3v) is 5.61. The van der Waals surface area contributed by atoms with Crippen molar-refractivity contribution in [3.05, 3.63) is 29.3 Å². The number of fused-ring (bicyclic) bond motifs is 1. The Labute approximate surface area is 119 Å². The Kier molecular flexibility index (Phi) is 3.59. The van der Waals surface area contributed by atoms with Gasteiger partial charge in [-0.25, -0.2) is 4.98 Å². The van der Waals surface area contributed by atoms with E-state index in [0.717, 1.165) is 18.4 Å². The first-order chi connectivity index (χ1) is 9.21. The number of para-hydroxylation sites is 1. The number of aromatic nitrogens is 1. The largest absolute Gasteiger partial charge is 0.324 e. The molecule has 1 heterocycles. The van der Waals surface area contributed by atoms with Gasteiger partial charge in [-0.1, -0.05) is 38.3 Å². The first-order valence-corrected chi connectivity index (χ1v) is 8.16. The SMILES string of the molecule is CCC1CCCCC1(N)Cc1nc2ccccc2s1. The Morgan fingerprint density at radius 3 is 3.00 bits per heavy atom. The van der Waals surface area contributed by atoms with Crippen LogP contribution >= 0.6 is 11.3 Å². The quantitative estimate of drug-likeness (QED) is 0.913. The van der Waals surface area contributed by atoms with Crippen molar-refractivity contribution in [3.63, 3.8) is 0 Å². The molecule has 1 aromatic heterocycles. The lowest BCUT2D eigenvalue weighted by atomic mass is 9.70. The van der Waals surface area contributed by atoms with Crippen LogP contribution in [0.1, 0.15) is 44.0 Å². The molecule has 1 aliphatic rings. The highest BCUT2D eigenvalue weighted by Gasteiger charge is 2.36. The summed E-state index contributed by atoms with van der Waals surface area (Å²) in [5.41, 5.74) is 7.83. The van der Waals surface area contributed by atoms with Gasteiger partial charge in [-0.15, -0.1) is 11.3 Å². The predicted octanol–water partition coefficient (Wildman–Crippen LogP) is 4.14. The molecule has 1 aromatic carbocycles. The molecule has 19 heavy (non-hydrogen) atoms.